The Morgan fingerprint density at radius 2 is 1.59 bits per heavy atom. The van der Waals surface area contributed by atoms with Crippen LogP contribution in [0.5, 0.6) is 0 Å². The predicted octanol–water partition coefficient (Wildman–Crippen LogP) is 2.89. The average molecular weight is 437 g/mol. The molecule has 168 valence electrons. The quantitative estimate of drug-likeness (QED) is 0.622. The van der Waals surface area contributed by atoms with E-state index in [1.165, 1.54) is 4.90 Å². The van der Waals surface area contributed by atoms with Crippen molar-refractivity contribution in [3.05, 3.63) is 71.8 Å². The number of nitrogens with zero attached hydrogens (tertiary/aromatic N) is 2. The third kappa shape index (κ3) is 4.83. The second-order valence-corrected chi connectivity index (χ2v) is 8.27. The first kappa shape index (κ1) is 22.0. The monoisotopic (exact) mass is 436 g/mol. The molecule has 2 saturated heterocycles. The molecular formula is C25H28N2O5. The normalized spacial score (nSPS) is 23.2. The molecule has 2 aromatic rings. The van der Waals surface area contributed by atoms with E-state index in [9.17, 15) is 14.4 Å². The Morgan fingerprint density at radius 3 is 2.25 bits per heavy atom. The first-order valence-corrected chi connectivity index (χ1v) is 11.0. The molecule has 4 rings (SSSR count). The lowest BCUT2D eigenvalue weighted by atomic mass is 9.93. The number of carbonyl (C=O) groups excluding carboxylic acids is 3. The summed E-state index contributed by atoms with van der Waals surface area (Å²) in [7, 11) is 0. The van der Waals surface area contributed by atoms with Gasteiger partial charge in [0.1, 0.15) is 6.61 Å². The number of benzene rings is 2. The summed E-state index contributed by atoms with van der Waals surface area (Å²) >= 11 is 0. The third-order valence-electron chi connectivity index (χ3n) is 6.06. The van der Waals surface area contributed by atoms with E-state index >= 15 is 0 Å². The van der Waals surface area contributed by atoms with Crippen LogP contribution >= 0.6 is 0 Å². The van der Waals surface area contributed by atoms with Crippen molar-refractivity contribution in [2.75, 3.05) is 26.3 Å². The molecule has 0 aromatic heterocycles. The van der Waals surface area contributed by atoms with Gasteiger partial charge in [-0.05, 0) is 24.5 Å². The SMILES string of the molecule is CCOC(=O)C1CN(Cc2ccccc2)CC1C(=O)N1C(=O)OCC1Cc1ccccc1. The van der Waals surface area contributed by atoms with Crippen molar-refractivity contribution in [2.45, 2.75) is 25.9 Å². The molecule has 2 aromatic carbocycles. The molecule has 0 radical (unpaired) electrons. The van der Waals surface area contributed by atoms with Crippen LogP contribution in [0.25, 0.3) is 0 Å². The van der Waals surface area contributed by atoms with E-state index in [1.807, 2.05) is 60.7 Å². The van der Waals surface area contributed by atoms with Crippen LogP contribution in [-0.4, -0.2) is 60.1 Å². The summed E-state index contributed by atoms with van der Waals surface area (Å²) in [6.07, 6.45) is -0.122. The van der Waals surface area contributed by atoms with Gasteiger partial charge in [-0.25, -0.2) is 9.69 Å². The molecule has 2 heterocycles. The van der Waals surface area contributed by atoms with Crippen molar-refractivity contribution in [1.29, 1.82) is 0 Å². The van der Waals surface area contributed by atoms with Crippen molar-refractivity contribution in [2.24, 2.45) is 11.8 Å². The van der Waals surface area contributed by atoms with E-state index in [1.54, 1.807) is 6.92 Å². The Morgan fingerprint density at radius 1 is 0.969 bits per heavy atom. The maximum absolute atomic E-state index is 13.6. The fourth-order valence-corrected chi connectivity index (χ4v) is 4.54. The number of imide groups is 1. The molecule has 2 fully saturated rings. The lowest BCUT2D eigenvalue weighted by Crippen LogP contribution is -2.46. The lowest BCUT2D eigenvalue weighted by molar-refractivity contribution is -0.152. The zero-order chi connectivity index (χ0) is 22.5. The van der Waals surface area contributed by atoms with Gasteiger partial charge in [-0.1, -0.05) is 60.7 Å². The van der Waals surface area contributed by atoms with Crippen LogP contribution in [-0.2, 0) is 32.0 Å². The molecule has 2 aliphatic rings. The highest BCUT2D eigenvalue weighted by molar-refractivity contribution is 5.97. The zero-order valence-electron chi connectivity index (χ0n) is 18.2. The van der Waals surface area contributed by atoms with Gasteiger partial charge in [-0.2, -0.15) is 0 Å². The summed E-state index contributed by atoms with van der Waals surface area (Å²) in [5.41, 5.74) is 2.12. The predicted molar refractivity (Wildman–Crippen MR) is 117 cm³/mol. The minimum atomic E-state index is -0.651. The maximum atomic E-state index is 13.6. The summed E-state index contributed by atoms with van der Waals surface area (Å²) in [5, 5.41) is 0. The largest absolute Gasteiger partial charge is 0.466 e. The summed E-state index contributed by atoms with van der Waals surface area (Å²) in [6.45, 7) is 3.58. The van der Waals surface area contributed by atoms with E-state index in [2.05, 4.69) is 4.90 Å². The minimum absolute atomic E-state index is 0.157. The summed E-state index contributed by atoms with van der Waals surface area (Å²) < 4.78 is 10.5. The summed E-state index contributed by atoms with van der Waals surface area (Å²) in [5.74, 6) is -2.02. The number of hydrogen-bond acceptors (Lipinski definition) is 6. The van der Waals surface area contributed by atoms with Crippen LogP contribution in [0.1, 0.15) is 18.1 Å². The Balaban J connectivity index is 1.52. The van der Waals surface area contributed by atoms with Crippen molar-refractivity contribution in [1.82, 2.24) is 9.80 Å². The van der Waals surface area contributed by atoms with Crippen molar-refractivity contribution < 1.29 is 23.9 Å². The van der Waals surface area contributed by atoms with Gasteiger partial charge in [0, 0.05) is 19.6 Å². The van der Waals surface area contributed by atoms with E-state index in [4.69, 9.17) is 9.47 Å². The zero-order valence-corrected chi connectivity index (χ0v) is 18.2. The van der Waals surface area contributed by atoms with E-state index < -0.39 is 23.9 Å². The highest BCUT2D eigenvalue weighted by Gasteiger charge is 2.48. The minimum Gasteiger partial charge on any atom is -0.466 e. The van der Waals surface area contributed by atoms with Crippen molar-refractivity contribution in [3.63, 3.8) is 0 Å². The van der Waals surface area contributed by atoms with E-state index in [0.717, 1.165) is 11.1 Å². The van der Waals surface area contributed by atoms with Crippen LogP contribution in [0.2, 0.25) is 0 Å². The molecule has 2 aliphatic heterocycles. The first-order valence-electron chi connectivity index (χ1n) is 11.0. The average Bonchev–Trinajstić information content (AvgIpc) is 3.38. The lowest BCUT2D eigenvalue weighted by Gasteiger charge is -2.25. The molecule has 7 heteroatoms. The number of ether oxygens (including phenoxy) is 2. The van der Waals surface area contributed by atoms with Crippen LogP contribution in [0.3, 0.4) is 0 Å². The molecular weight excluding hydrogens is 408 g/mol. The molecule has 0 bridgehead atoms. The van der Waals surface area contributed by atoms with Gasteiger partial charge >= 0.3 is 12.1 Å². The van der Waals surface area contributed by atoms with Gasteiger partial charge in [0.25, 0.3) is 0 Å². The van der Waals surface area contributed by atoms with Crippen LogP contribution in [0, 0.1) is 11.8 Å². The summed E-state index contributed by atoms with van der Waals surface area (Å²) in [4.78, 5) is 42.1. The highest BCUT2D eigenvalue weighted by Crippen LogP contribution is 2.30. The van der Waals surface area contributed by atoms with Gasteiger partial charge in [-0.15, -0.1) is 0 Å². The molecule has 0 aliphatic carbocycles. The standard InChI is InChI=1S/C25H28N2O5/c1-2-31-24(29)22-16-26(14-19-11-7-4-8-12-19)15-21(22)23(28)27-20(17-32-25(27)30)13-18-9-5-3-6-10-18/h3-12,20-22H,2,13-17H2,1H3. The topological polar surface area (TPSA) is 76.2 Å². The molecule has 0 spiro atoms. The Bertz CT molecular complexity index is 949. The number of cyclic esters (lactones) is 1. The Kier molecular flexibility index (Phi) is 6.85. The second-order valence-electron chi connectivity index (χ2n) is 8.27. The highest BCUT2D eigenvalue weighted by atomic mass is 16.6. The van der Waals surface area contributed by atoms with Crippen molar-refractivity contribution in [3.8, 4) is 0 Å². The molecule has 0 N–H and O–H groups in total. The second kappa shape index (κ2) is 9.96. The molecule has 3 unspecified atom stereocenters. The Labute approximate surface area is 187 Å². The number of rotatable bonds is 7. The van der Waals surface area contributed by atoms with E-state index in [0.29, 0.717) is 26.1 Å². The Hall–Kier alpha value is -3.19. The van der Waals surface area contributed by atoms with Gasteiger partial charge in [0.2, 0.25) is 5.91 Å². The summed E-state index contributed by atoms with van der Waals surface area (Å²) in [6, 6.07) is 19.2. The fourth-order valence-electron chi connectivity index (χ4n) is 4.54. The van der Waals surface area contributed by atoms with Gasteiger partial charge in [0.05, 0.1) is 24.5 Å². The third-order valence-corrected chi connectivity index (χ3v) is 6.06. The van der Waals surface area contributed by atoms with Crippen LogP contribution < -0.4 is 0 Å². The smallest absolute Gasteiger partial charge is 0.416 e. The molecule has 3 atom stereocenters. The number of carbonyl (C=O) groups is 3. The van der Waals surface area contributed by atoms with Crippen LogP contribution in [0.15, 0.2) is 60.7 Å². The number of amides is 2. The van der Waals surface area contributed by atoms with E-state index in [-0.39, 0.29) is 25.2 Å². The molecule has 32 heavy (non-hydrogen) atoms. The molecule has 2 amide bonds. The fraction of sp³-hybridized carbons (Fsp3) is 0.400. The van der Waals surface area contributed by atoms with Gasteiger partial charge < -0.3 is 9.47 Å². The van der Waals surface area contributed by atoms with Gasteiger partial charge in [0.15, 0.2) is 0 Å². The van der Waals surface area contributed by atoms with Crippen molar-refractivity contribution >= 4 is 18.0 Å². The van der Waals surface area contributed by atoms with Gasteiger partial charge in [-0.3, -0.25) is 14.5 Å². The number of likely N-dealkylation sites (tertiary alicyclic amines) is 1. The molecule has 7 nitrogen and oxygen atoms in total. The first-order chi connectivity index (χ1) is 15.6. The number of esters is 1. The van der Waals surface area contributed by atoms with Crippen LogP contribution in [0.4, 0.5) is 4.79 Å². The molecule has 0 saturated carbocycles. The number of hydrogen-bond donors (Lipinski definition) is 0. The maximum Gasteiger partial charge on any atom is 0.416 e.